The molecule has 0 aromatic carbocycles. The lowest BCUT2D eigenvalue weighted by atomic mass is 9.47. The fourth-order valence-electron chi connectivity index (χ4n) is 9.07. The number of ether oxygens (including phenoxy) is 1. The van der Waals surface area contributed by atoms with Gasteiger partial charge in [0.15, 0.2) is 5.78 Å². The van der Waals surface area contributed by atoms with Crippen molar-refractivity contribution in [2.45, 2.75) is 70.8 Å². The van der Waals surface area contributed by atoms with Crippen LogP contribution < -0.4 is 0 Å². The molecule has 0 radical (unpaired) electrons. The van der Waals surface area contributed by atoms with Crippen molar-refractivity contribution < 1.29 is 9.53 Å². The molecule has 9 atom stereocenters. The fourth-order valence-corrected chi connectivity index (χ4v) is 9.07. The van der Waals surface area contributed by atoms with Gasteiger partial charge in [0.2, 0.25) is 0 Å². The predicted octanol–water partition coefficient (Wildman–Crippen LogP) is 4.78. The normalized spacial score (nSPS) is 59.0. The number of rotatable bonds is 0. The summed E-state index contributed by atoms with van der Waals surface area (Å²) in [7, 11) is 0. The number of carbonyl (C=O) groups is 1. The highest BCUT2D eigenvalue weighted by Crippen LogP contribution is 2.78. The molecule has 1 heterocycles. The molecular formula is C23H32O2. The number of fused-ring (bicyclic) bond motifs is 9. The third kappa shape index (κ3) is 1.74. The van der Waals surface area contributed by atoms with E-state index >= 15 is 0 Å². The number of ketones is 1. The summed E-state index contributed by atoms with van der Waals surface area (Å²) in [5, 5.41) is 0. The SMILES string of the molecule is CC1CC2=CC(=O)CCC2C2CC[C@@]3(C)C(C4CC4[C@@]34CCCO4)C12. The van der Waals surface area contributed by atoms with Crippen LogP contribution in [0.5, 0.6) is 0 Å². The average molecular weight is 341 g/mol. The Morgan fingerprint density at radius 3 is 2.88 bits per heavy atom. The molecular weight excluding hydrogens is 308 g/mol. The predicted molar refractivity (Wildman–Crippen MR) is 96.9 cm³/mol. The van der Waals surface area contributed by atoms with Crippen LogP contribution in [0.2, 0.25) is 0 Å². The Bertz CT molecular complexity index is 657. The van der Waals surface area contributed by atoms with E-state index in [9.17, 15) is 4.79 Å². The lowest BCUT2D eigenvalue weighted by molar-refractivity contribution is -0.154. The van der Waals surface area contributed by atoms with E-state index in [2.05, 4.69) is 13.8 Å². The van der Waals surface area contributed by atoms with Gasteiger partial charge >= 0.3 is 0 Å². The molecule has 25 heavy (non-hydrogen) atoms. The van der Waals surface area contributed by atoms with Crippen molar-refractivity contribution in [3.05, 3.63) is 11.6 Å². The maximum atomic E-state index is 12.0. The highest BCUT2D eigenvalue weighted by atomic mass is 16.5. The summed E-state index contributed by atoms with van der Waals surface area (Å²) in [5.74, 6) is 6.31. The minimum Gasteiger partial charge on any atom is -0.374 e. The van der Waals surface area contributed by atoms with Crippen molar-refractivity contribution in [3.8, 4) is 0 Å². The summed E-state index contributed by atoms with van der Waals surface area (Å²) in [5.41, 5.74) is 2.19. The molecule has 1 spiro atoms. The minimum atomic E-state index is 0.242. The van der Waals surface area contributed by atoms with Crippen LogP contribution in [0.25, 0.3) is 0 Å². The lowest BCUT2D eigenvalue weighted by Gasteiger charge is -2.59. The highest BCUT2D eigenvalue weighted by Gasteiger charge is 2.77. The lowest BCUT2D eigenvalue weighted by Crippen LogP contribution is -2.56. The van der Waals surface area contributed by atoms with Gasteiger partial charge in [-0.15, -0.1) is 0 Å². The van der Waals surface area contributed by atoms with Gasteiger partial charge in [-0.3, -0.25) is 4.79 Å². The quantitative estimate of drug-likeness (QED) is 0.634. The van der Waals surface area contributed by atoms with Crippen molar-refractivity contribution in [2.75, 3.05) is 6.61 Å². The molecule has 0 aromatic heterocycles. The maximum absolute atomic E-state index is 12.0. The first-order valence-corrected chi connectivity index (χ1v) is 10.9. The zero-order chi connectivity index (χ0) is 17.0. The van der Waals surface area contributed by atoms with Gasteiger partial charge in [0.25, 0.3) is 0 Å². The van der Waals surface area contributed by atoms with Gasteiger partial charge < -0.3 is 4.74 Å². The molecule has 0 aromatic rings. The minimum absolute atomic E-state index is 0.242. The zero-order valence-corrected chi connectivity index (χ0v) is 15.8. The molecule has 1 aliphatic heterocycles. The Morgan fingerprint density at radius 2 is 2.08 bits per heavy atom. The molecule has 5 fully saturated rings. The van der Waals surface area contributed by atoms with Gasteiger partial charge in [0.1, 0.15) is 0 Å². The molecule has 0 amide bonds. The zero-order valence-electron chi connectivity index (χ0n) is 15.8. The first-order chi connectivity index (χ1) is 12.1. The maximum Gasteiger partial charge on any atom is 0.155 e. The number of carbonyl (C=O) groups excluding carboxylic acids is 1. The summed E-state index contributed by atoms with van der Waals surface area (Å²) in [4.78, 5) is 12.0. The molecule has 7 unspecified atom stereocenters. The topological polar surface area (TPSA) is 26.3 Å². The Balaban J connectivity index is 1.40. The Morgan fingerprint density at radius 1 is 1.20 bits per heavy atom. The standard InChI is InChI=1S/C23H32O2/c1-13-10-14-11-15(24)4-5-16(14)17-6-8-22(2)21(20(13)17)18-12-19(18)23(22)7-3-9-25-23/h11,13,16-21H,3-10,12H2,1-2H3/t13?,16?,17?,18?,19?,20?,21?,22-,23-/m0/s1. The van der Waals surface area contributed by atoms with E-state index in [0.717, 1.165) is 60.9 Å². The average Bonchev–Trinajstić information content (AvgIpc) is 3.15. The van der Waals surface area contributed by atoms with E-state index in [-0.39, 0.29) is 5.60 Å². The second-order valence-corrected chi connectivity index (χ2v) is 10.6. The van der Waals surface area contributed by atoms with Crippen molar-refractivity contribution in [2.24, 2.45) is 46.8 Å². The first kappa shape index (κ1) is 15.4. The van der Waals surface area contributed by atoms with Crippen molar-refractivity contribution in [1.29, 1.82) is 0 Å². The summed E-state index contributed by atoms with van der Waals surface area (Å²) in [6.45, 7) is 6.12. The highest BCUT2D eigenvalue weighted by molar-refractivity contribution is 5.91. The van der Waals surface area contributed by atoms with Crippen LogP contribution in [0.4, 0.5) is 0 Å². The van der Waals surface area contributed by atoms with E-state index in [1.54, 1.807) is 0 Å². The number of allylic oxidation sites excluding steroid dienone is 1. The van der Waals surface area contributed by atoms with Gasteiger partial charge in [-0.2, -0.15) is 0 Å². The monoisotopic (exact) mass is 340 g/mol. The molecule has 2 heteroatoms. The van der Waals surface area contributed by atoms with Crippen LogP contribution in [0.1, 0.15) is 65.2 Å². The van der Waals surface area contributed by atoms with Gasteiger partial charge in [0, 0.05) is 18.4 Å². The summed E-state index contributed by atoms with van der Waals surface area (Å²) in [6, 6.07) is 0. The second kappa shape index (κ2) is 4.80. The fraction of sp³-hybridized carbons (Fsp3) is 0.870. The molecule has 5 aliphatic carbocycles. The van der Waals surface area contributed by atoms with E-state index < -0.39 is 0 Å². The molecule has 0 bridgehead atoms. The molecule has 6 rings (SSSR count). The van der Waals surface area contributed by atoms with Crippen LogP contribution in [-0.2, 0) is 9.53 Å². The number of hydrogen-bond donors (Lipinski definition) is 0. The van der Waals surface area contributed by atoms with Crippen LogP contribution in [0.3, 0.4) is 0 Å². The number of hydrogen-bond acceptors (Lipinski definition) is 2. The van der Waals surface area contributed by atoms with Crippen LogP contribution >= 0.6 is 0 Å². The van der Waals surface area contributed by atoms with E-state index in [1.807, 2.05) is 6.08 Å². The van der Waals surface area contributed by atoms with Gasteiger partial charge in [-0.1, -0.05) is 19.4 Å². The van der Waals surface area contributed by atoms with Gasteiger partial charge in [-0.25, -0.2) is 0 Å². The van der Waals surface area contributed by atoms with Crippen LogP contribution in [0, 0.1) is 46.8 Å². The Hall–Kier alpha value is -0.630. The van der Waals surface area contributed by atoms with Gasteiger partial charge in [-0.05, 0) is 92.4 Å². The first-order valence-electron chi connectivity index (χ1n) is 10.9. The van der Waals surface area contributed by atoms with Gasteiger partial charge in [0.05, 0.1) is 5.60 Å². The molecule has 1 saturated heterocycles. The molecule has 6 aliphatic rings. The molecule has 0 N–H and O–H groups in total. The van der Waals surface area contributed by atoms with E-state index in [0.29, 0.717) is 11.2 Å². The molecule has 2 nitrogen and oxygen atoms in total. The summed E-state index contributed by atoms with van der Waals surface area (Å²) in [6.07, 6.45) is 12.0. The largest absolute Gasteiger partial charge is 0.374 e. The third-order valence-corrected chi connectivity index (χ3v) is 9.82. The summed E-state index contributed by atoms with van der Waals surface area (Å²) >= 11 is 0. The van der Waals surface area contributed by atoms with Crippen LogP contribution in [-0.4, -0.2) is 18.0 Å². The van der Waals surface area contributed by atoms with Crippen LogP contribution in [0.15, 0.2) is 11.6 Å². The van der Waals surface area contributed by atoms with E-state index in [1.165, 1.54) is 44.1 Å². The smallest absolute Gasteiger partial charge is 0.155 e. The third-order valence-electron chi connectivity index (χ3n) is 9.82. The molecule has 136 valence electrons. The van der Waals surface area contributed by atoms with Crippen molar-refractivity contribution >= 4 is 5.78 Å². The summed E-state index contributed by atoms with van der Waals surface area (Å²) < 4.78 is 6.61. The second-order valence-electron chi connectivity index (χ2n) is 10.6. The van der Waals surface area contributed by atoms with E-state index in [4.69, 9.17) is 4.74 Å². The van der Waals surface area contributed by atoms with Crippen molar-refractivity contribution in [3.63, 3.8) is 0 Å². The Labute approximate surface area is 151 Å². The molecule has 4 saturated carbocycles. The van der Waals surface area contributed by atoms with Crippen molar-refractivity contribution in [1.82, 2.24) is 0 Å². The Kier molecular flexibility index (Phi) is 2.96.